The average molecular weight is 297 g/mol. The Morgan fingerprint density at radius 3 is 2.35 bits per heavy atom. The summed E-state index contributed by atoms with van der Waals surface area (Å²) in [5.41, 5.74) is 0.0701. The first-order valence-electron chi connectivity index (χ1n) is 6.14. The first-order valence-corrected chi connectivity index (χ1v) is 6.52. The third kappa shape index (κ3) is 1.80. The normalized spacial score (nSPS) is 21.4. The number of rotatable bonds is 1. The van der Waals surface area contributed by atoms with Gasteiger partial charge in [-0.25, -0.2) is 0 Å². The van der Waals surface area contributed by atoms with Gasteiger partial charge in [0.1, 0.15) is 10.6 Å². The zero-order chi connectivity index (χ0) is 15.3. The van der Waals surface area contributed by atoms with Crippen molar-refractivity contribution < 1.29 is 19.9 Å². The minimum Gasteiger partial charge on any atom is -0.435 e. The Labute approximate surface area is 122 Å². The smallest absolute Gasteiger partial charge is 0.435 e. The molecule has 106 valence electrons. The van der Waals surface area contributed by atoms with Gasteiger partial charge in [0.25, 0.3) is 0 Å². The second-order valence-corrected chi connectivity index (χ2v) is 6.15. The van der Waals surface area contributed by atoms with Gasteiger partial charge < -0.3 is 15.2 Å². The van der Waals surface area contributed by atoms with Crippen molar-refractivity contribution >= 4 is 36.6 Å². The predicted molar refractivity (Wildman–Crippen MR) is 79.2 cm³/mol. The molecule has 1 atom stereocenters. The van der Waals surface area contributed by atoms with Crippen molar-refractivity contribution in [2.24, 2.45) is 0 Å². The Bertz CT molecular complexity index is 609. The molecule has 3 N–H and O–H groups in total. The molecular weight excluding hydrogens is 280 g/mol. The topological polar surface area (TPSA) is 77.8 Å². The number of nitrogens with zero attached hydrogens (tertiary/aromatic N) is 1. The molecule has 1 heterocycles. The first-order chi connectivity index (χ1) is 9.14. The number of benzene rings is 1. The molecule has 2 rings (SSSR count). The van der Waals surface area contributed by atoms with Crippen molar-refractivity contribution in [2.45, 2.75) is 26.3 Å². The van der Waals surface area contributed by atoms with Crippen molar-refractivity contribution in [1.82, 2.24) is 4.48 Å². The second-order valence-electron chi connectivity index (χ2n) is 5.74. The summed E-state index contributed by atoms with van der Waals surface area (Å²) in [5, 5.41) is 29.4. The minimum absolute atomic E-state index is 0.0203. The Morgan fingerprint density at radius 2 is 1.90 bits per heavy atom. The molecule has 0 spiro atoms. The Morgan fingerprint density at radius 1 is 1.30 bits per heavy atom. The number of carboxylic acid groups (broad SMARTS) is 1. The molecular formula is C13H16BClNO4+. The van der Waals surface area contributed by atoms with E-state index in [0.29, 0.717) is 11.3 Å². The highest BCUT2D eigenvalue weighted by atomic mass is 35.5. The van der Waals surface area contributed by atoms with Crippen LogP contribution in [0, 0.1) is 0 Å². The summed E-state index contributed by atoms with van der Waals surface area (Å²) < 4.78 is -0.723. The Hall–Kier alpha value is -1.34. The highest BCUT2D eigenvalue weighted by molar-refractivity contribution is 6.54. The molecule has 0 fully saturated rings. The van der Waals surface area contributed by atoms with Crippen LogP contribution in [0.25, 0.3) is 6.08 Å². The molecule has 0 aromatic heterocycles. The van der Waals surface area contributed by atoms with Crippen molar-refractivity contribution in [3.8, 4) is 0 Å². The van der Waals surface area contributed by atoms with Crippen LogP contribution in [0.4, 0.5) is 10.5 Å². The lowest BCUT2D eigenvalue weighted by Crippen LogP contribution is -2.65. The van der Waals surface area contributed by atoms with E-state index in [1.54, 1.807) is 39.0 Å². The summed E-state index contributed by atoms with van der Waals surface area (Å²) in [6.45, 7) is 5.15. The summed E-state index contributed by atoms with van der Waals surface area (Å²) in [5.74, 6) is 0. The van der Waals surface area contributed by atoms with Crippen LogP contribution in [0.3, 0.4) is 0 Å². The molecule has 0 radical (unpaired) electrons. The maximum Gasteiger partial charge on any atom is 0.549 e. The fourth-order valence-corrected chi connectivity index (χ4v) is 3.16. The van der Waals surface area contributed by atoms with Gasteiger partial charge in [0.05, 0.1) is 0 Å². The highest BCUT2D eigenvalue weighted by Crippen LogP contribution is 2.50. The summed E-state index contributed by atoms with van der Waals surface area (Å²) in [6.07, 6.45) is 0.273. The molecule has 0 saturated heterocycles. The van der Waals surface area contributed by atoms with Gasteiger partial charge in [0.15, 0.2) is 11.3 Å². The summed E-state index contributed by atoms with van der Waals surface area (Å²) in [7, 11) is -1.88. The van der Waals surface area contributed by atoms with E-state index >= 15 is 0 Å². The van der Waals surface area contributed by atoms with Crippen molar-refractivity contribution in [3.63, 3.8) is 0 Å². The van der Waals surface area contributed by atoms with E-state index in [0.717, 1.165) is 0 Å². The highest BCUT2D eigenvalue weighted by Gasteiger charge is 2.61. The van der Waals surface area contributed by atoms with E-state index < -0.39 is 23.2 Å². The number of fused-ring (bicyclic) bond motifs is 1. The standard InChI is InChI=1S/C13H15BClNO4/c1-13(2,3)16(12(17)18)10(14(19)20)7-8-5-4-6-9(15)11(8)16/h4-7,19-20H,1-3H3/p+1. The molecule has 0 aliphatic carbocycles. The maximum absolute atomic E-state index is 12.1. The number of hydrogen-bond acceptors (Lipinski definition) is 3. The largest absolute Gasteiger partial charge is 0.549 e. The lowest BCUT2D eigenvalue weighted by Gasteiger charge is -2.42. The van der Waals surface area contributed by atoms with Crippen LogP contribution in [0.1, 0.15) is 26.3 Å². The first kappa shape index (κ1) is 15.1. The average Bonchev–Trinajstić information content (AvgIpc) is 2.65. The number of carbonyl (C=O) groups is 1. The fourth-order valence-electron chi connectivity index (χ4n) is 2.85. The number of quaternary nitrogens is 1. The van der Waals surface area contributed by atoms with Crippen LogP contribution in [-0.4, -0.2) is 33.9 Å². The molecule has 7 heteroatoms. The molecule has 0 saturated carbocycles. The van der Waals surface area contributed by atoms with Crippen LogP contribution < -0.4 is 4.48 Å². The molecule has 20 heavy (non-hydrogen) atoms. The maximum atomic E-state index is 12.1. The van der Waals surface area contributed by atoms with Gasteiger partial charge in [0.2, 0.25) is 0 Å². The van der Waals surface area contributed by atoms with Crippen LogP contribution in [0.2, 0.25) is 5.02 Å². The summed E-state index contributed by atoms with van der Waals surface area (Å²) >= 11 is 6.20. The molecule has 0 bridgehead atoms. The van der Waals surface area contributed by atoms with Crippen LogP contribution in [0.15, 0.2) is 23.8 Å². The second kappa shape index (κ2) is 4.60. The van der Waals surface area contributed by atoms with E-state index in [-0.39, 0.29) is 10.6 Å². The van der Waals surface area contributed by atoms with Gasteiger partial charge in [-0.2, -0.15) is 9.28 Å². The van der Waals surface area contributed by atoms with Gasteiger partial charge in [-0.05, 0) is 32.9 Å². The number of halogens is 1. The zero-order valence-electron chi connectivity index (χ0n) is 11.5. The van der Waals surface area contributed by atoms with Gasteiger partial charge in [0, 0.05) is 11.6 Å². The summed E-state index contributed by atoms with van der Waals surface area (Å²) in [4.78, 5) is 12.1. The Kier molecular flexibility index (Phi) is 3.46. The number of para-hydroxylation sites is 1. The SMILES string of the molecule is CC(C)(C)[N+]1(C(=O)O)C(B(O)O)=Cc2cccc(Cl)c21. The van der Waals surface area contributed by atoms with Crippen molar-refractivity contribution in [1.29, 1.82) is 0 Å². The molecule has 5 nitrogen and oxygen atoms in total. The fraction of sp³-hybridized carbons (Fsp3) is 0.308. The predicted octanol–water partition coefficient (Wildman–Crippen LogP) is 2.49. The molecule has 1 aliphatic heterocycles. The monoisotopic (exact) mass is 296 g/mol. The minimum atomic E-state index is -1.88. The third-order valence-electron chi connectivity index (χ3n) is 3.60. The Balaban J connectivity index is 2.90. The number of hydrogen-bond donors (Lipinski definition) is 3. The third-order valence-corrected chi connectivity index (χ3v) is 3.91. The van der Waals surface area contributed by atoms with Gasteiger partial charge >= 0.3 is 13.2 Å². The molecule has 1 aromatic carbocycles. The van der Waals surface area contributed by atoms with Crippen molar-refractivity contribution in [2.75, 3.05) is 0 Å². The van der Waals surface area contributed by atoms with E-state index in [1.807, 2.05) is 0 Å². The van der Waals surface area contributed by atoms with Gasteiger partial charge in [-0.1, -0.05) is 17.7 Å². The van der Waals surface area contributed by atoms with E-state index in [1.165, 1.54) is 6.08 Å². The van der Waals surface area contributed by atoms with E-state index in [4.69, 9.17) is 11.6 Å². The van der Waals surface area contributed by atoms with Gasteiger partial charge in [-0.15, -0.1) is 0 Å². The zero-order valence-corrected chi connectivity index (χ0v) is 12.2. The molecule has 1 aliphatic rings. The quantitative estimate of drug-likeness (QED) is 0.549. The number of amides is 1. The van der Waals surface area contributed by atoms with Crippen LogP contribution in [0.5, 0.6) is 0 Å². The molecule has 1 aromatic rings. The lowest BCUT2D eigenvalue weighted by atomic mass is 9.81. The van der Waals surface area contributed by atoms with Crippen molar-refractivity contribution in [3.05, 3.63) is 34.4 Å². The van der Waals surface area contributed by atoms with Crippen LogP contribution in [-0.2, 0) is 0 Å². The summed E-state index contributed by atoms with van der Waals surface area (Å²) in [6, 6.07) is 5.00. The van der Waals surface area contributed by atoms with E-state index in [9.17, 15) is 19.9 Å². The van der Waals surface area contributed by atoms with Gasteiger partial charge in [-0.3, -0.25) is 0 Å². The lowest BCUT2D eigenvalue weighted by molar-refractivity contribution is 0.126. The molecule has 1 amide bonds. The van der Waals surface area contributed by atoms with E-state index in [2.05, 4.69) is 0 Å². The molecule has 1 unspecified atom stereocenters. The van der Waals surface area contributed by atoms with Crippen LogP contribution >= 0.6 is 11.6 Å².